The molecule has 0 atom stereocenters. The molecule has 5 aromatic carbocycles. The van der Waals surface area contributed by atoms with Crippen molar-refractivity contribution in [3.63, 3.8) is 0 Å². The van der Waals surface area contributed by atoms with Crippen LogP contribution in [0.25, 0.3) is 33.1 Å². The van der Waals surface area contributed by atoms with Crippen molar-refractivity contribution in [2.24, 2.45) is 0 Å². The Hall–Kier alpha value is -3.81. The molecule has 1 aromatic heterocycles. The first-order valence-corrected chi connectivity index (χ1v) is 11.5. The van der Waals surface area contributed by atoms with Gasteiger partial charge in [-0.1, -0.05) is 103 Å². The summed E-state index contributed by atoms with van der Waals surface area (Å²) in [5.74, 6) is 0. The monoisotopic (exact) mass is 442 g/mol. The van der Waals surface area contributed by atoms with Gasteiger partial charge >= 0.3 is 0 Å². The van der Waals surface area contributed by atoms with Crippen molar-refractivity contribution >= 4 is 33.5 Å². The molecule has 1 nitrogen and oxygen atoms in total. The van der Waals surface area contributed by atoms with Gasteiger partial charge in [-0.15, -0.1) is 0 Å². The number of fused-ring (bicyclic) bond motifs is 6. The van der Waals surface area contributed by atoms with E-state index in [2.05, 4.69) is 97.1 Å². The summed E-state index contributed by atoms with van der Waals surface area (Å²) < 4.78 is 6.31. The van der Waals surface area contributed by atoms with E-state index >= 15 is 0 Å². The number of benzene rings is 5. The van der Waals surface area contributed by atoms with Crippen LogP contribution < -0.4 is 0 Å². The maximum Gasteiger partial charge on any atom is 0.136 e. The molecule has 1 heterocycles. The van der Waals surface area contributed by atoms with E-state index in [0.29, 0.717) is 5.02 Å². The van der Waals surface area contributed by atoms with Crippen LogP contribution in [0, 0.1) is 0 Å². The molecule has 0 unspecified atom stereocenters. The van der Waals surface area contributed by atoms with E-state index in [-0.39, 0.29) is 0 Å². The molecule has 6 aromatic rings. The molecule has 1 aliphatic rings. The van der Waals surface area contributed by atoms with Crippen LogP contribution in [0.1, 0.15) is 22.3 Å². The highest BCUT2D eigenvalue weighted by Crippen LogP contribution is 2.56. The smallest absolute Gasteiger partial charge is 0.136 e. The zero-order valence-electron chi connectivity index (χ0n) is 17.8. The van der Waals surface area contributed by atoms with Gasteiger partial charge in [-0.3, -0.25) is 0 Å². The Morgan fingerprint density at radius 1 is 0.515 bits per heavy atom. The summed E-state index contributed by atoms with van der Waals surface area (Å²) in [6, 6.07) is 40.9. The minimum Gasteiger partial charge on any atom is -0.456 e. The maximum atomic E-state index is 6.31. The average molecular weight is 443 g/mol. The second kappa shape index (κ2) is 6.84. The standard InChI is InChI=1S/C31H19ClO/c32-22-15-17-26-25-16-14-21(18-29(25)33-30(26)19-22)31(20-8-2-1-3-9-20)27-12-6-4-10-23(27)24-11-5-7-13-28(24)31/h1-19H. The molecule has 0 saturated heterocycles. The summed E-state index contributed by atoms with van der Waals surface area (Å²) in [4.78, 5) is 0. The molecule has 1 aliphatic carbocycles. The van der Waals surface area contributed by atoms with E-state index < -0.39 is 5.41 Å². The van der Waals surface area contributed by atoms with Gasteiger partial charge in [0.2, 0.25) is 0 Å². The highest BCUT2D eigenvalue weighted by molar-refractivity contribution is 6.31. The summed E-state index contributed by atoms with van der Waals surface area (Å²) >= 11 is 6.24. The fraction of sp³-hybridized carbons (Fsp3) is 0.0323. The number of furan rings is 1. The van der Waals surface area contributed by atoms with Gasteiger partial charge in [-0.25, -0.2) is 0 Å². The lowest BCUT2D eigenvalue weighted by atomic mass is 9.67. The van der Waals surface area contributed by atoms with Crippen LogP contribution in [0.2, 0.25) is 5.02 Å². The third-order valence-corrected chi connectivity index (χ3v) is 7.26. The Bertz CT molecular complexity index is 1630. The van der Waals surface area contributed by atoms with Gasteiger partial charge in [-0.05, 0) is 51.6 Å². The fourth-order valence-electron chi connectivity index (χ4n) is 5.70. The summed E-state index contributed by atoms with van der Waals surface area (Å²) in [5.41, 5.74) is 8.90. The van der Waals surface area contributed by atoms with Gasteiger partial charge in [0, 0.05) is 21.9 Å². The molecule has 33 heavy (non-hydrogen) atoms. The van der Waals surface area contributed by atoms with Crippen LogP contribution >= 0.6 is 11.6 Å². The van der Waals surface area contributed by atoms with Gasteiger partial charge in [-0.2, -0.15) is 0 Å². The van der Waals surface area contributed by atoms with E-state index in [4.69, 9.17) is 16.0 Å². The Morgan fingerprint density at radius 2 is 1.09 bits per heavy atom. The number of hydrogen-bond acceptors (Lipinski definition) is 1. The Morgan fingerprint density at radius 3 is 1.79 bits per heavy atom. The van der Waals surface area contributed by atoms with E-state index in [0.717, 1.165) is 21.9 Å². The summed E-state index contributed by atoms with van der Waals surface area (Å²) in [6.07, 6.45) is 0. The summed E-state index contributed by atoms with van der Waals surface area (Å²) in [5, 5.41) is 2.87. The summed E-state index contributed by atoms with van der Waals surface area (Å²) in [6.45, 7) is 0. The lowest BCUT2D eigenvalue weighted by Gasteiger charge is -2.33. The minimum atomic E-state index is -0.417. The van der Waals surface area contributed by atoms with Crippen LogP contribution in [0.4, 0.5) is 0 Å². The quantitative estimate of drug-likeness (QED) is 0.261. The van der Waals surface area contributed by atoms with Gasteiger partial charge in [0.1, 0.15) is 11.2 Å². The molecule has 0 fully saturated rings. The Kier molecular flexibility index (Phi) is 3.88. The number of rotatable bonds is 2. The lowest BCUT2D eigenvalue weighted by Crippen LogP contribution is -2.28. The van der Waals surface area contributed by atoms with Gasteiger partial charge < -0.3 is 4.42 Å². The lowest BCUT2D eigenvalue weighted by molar-refractivity contribution is 0.665. The molecule has 0 spiro atoms. The van der Waals surface area contributed by atoms with E-state index in [1.807, 2.05) is 18.2 Å². The van der Waals surface area contributed by atoms with Crippen molar-refractivity contribution in [1.29, 1.82) is 0 Å². The van der Waals surface area contributed by atoms with Crippen molar-refractivity contribution in [3.8, 4) is 11.1 Å². The van der Waals surface area contributed by atoms with Crippen molar-refractivity contribution in [2.75, 3.05) is 0 Å². The predicted octanol–water partition coefficient (Wildman–Crippen LogP) is 8.60. The Labute approximate surface area is 196 Å². The molecule has 156 valence electrons. The first kappa shape index (κ1) is 18.7. The van der Waals surface area contributed by atoms with Crippen molar-refractivity contribution in [2.45, 2.75) is 5.41 Å². The zero-order valence-corrected chi connectivity index (χ0v) is 18.5. The topological polar surface area (TPSA) is 13.1 Å². The van der Waals surface area contributed by atoms with Crippen molar-refractivity contribution in [3.05, 3.63) is 143 Å². The number of halogens is 1. The number of hydrogen-bond donors (Lipinski definition) is 0. The largest absolute Gasteiger partial charge is 0.456 e. The minimum absolute atomic E-state index is 0.417. The first-order valence-electron chi connectivity index (χ1n) is 11.1. The van der Waals surface area contributed by atoms with E-state index in [1.54, 1.807) is 0 Å². The molecular weight excluding hydrogens is 424 g/mol. The molecule has 0 aliphatic heterocycles. The van der Waals surface area contributed by atoms with Gasteiger partial charge in [0.25, 0.3) is 0 Å². The van der Waals surface area contributed by atoms with Crippen LogP contribution in [-0.4, -0.2) is 0 Å². The maximum absolute atomic E-state index is 6.31. The second-order valence-corrected chi connectivity index (χ2v) is 9.10. The fourth-order valence-corrected chi connectivity index (χ4v) is 5.86. The molecule has 2 heteroatoms. The van der Waals surface area contributed by atoms with Crippen molar-refractivity contribution in [1.82, 2.24) is 0 Å². The molecule has 7 rings (SSSR count). The normalized spacial score (nSPS) is 13.8. The Balaban J connectivity index is 1.61. The SMILES string of the molecule is Clc1ccc2c(c1)oc1cc(C3(c4ccccc4)c4ccccc4-c4ccccc43)ccc12. The molecule has 0 saturated carbocycles. The van der Waals surface area contributed by atoms with Crippen LogP contribution in [0.5, 0.6) is 0 Å². The highest BCUT2D eigenvalue weighted by atomic mass is 35.5. The van der Waals surface area contributed by atoms with Crippen LogP contribution in [0.15, 0.2) is 120 Å². The van der Waals surface area contributed by atoms with E-state index in [1.165, 1.54) is 33.4 Å². The molecular formula is C31H19ClO. The van der Waals surface area contributed by atoms with Crippen LogP contribution in [0.3, 0.4) is 0 Å². The first-order chi connectivity index (χ1) is 16.3. The third kappa shape index (κ3) is 2.49. The van der Waals surface area contributed by atoms with Crippen LogP contribution in [-0.2, 0) is 5.41 Å². The molecule has 0 bridgehead atoms. The zero-order chi connectivity index (χ0) is 22.0. The second-order valence-electron chi connectivity index (χ2n) is 8.66. The molecule has 0 N–H and O–H groups in total. The summed E-state index contributed by atoms with van der Waals surface area (Å²) in [7, 11) is 0. The van der Waals surface area contributed by atoms with Gasteiger partial charge in [0.05, 0.1) is 5.41 Å². The molecule has 0 radical (unpaired) electrons. The third-order valence-electron chi connectivity index (χ3n) is 7.03. The van der Waals surface area contributed by atoms with Gasteiger partial charge in [0.15, 0.2) is 0 Å². The van der Waals surface area contributed by atoms with E-state index in [9.17, 15) is 0 Å². The predicted molar refractivity (Wildman–Crippen MR) is 136 cm³/mol. The average Bonchev–Trinajstić information content (AvgIpc) is 3.37. The molecule has 0 amide bonds. The van der Waals surface area contributed by atoms with Crippen molar-refractivity contribution < 1.29 is 4.42 Å². The highest BCUT2D eigenvalue weighted by Gasteiger charge is 2.45.